The van der Waals surface area contributed by atoms with E-state index in [4.69, 9.17) is 5.73 Å². The zero-order valence-electron chi connectivity index (χ0n) is 9.57. The van der Waals surface area contributed by atoms with Gasteiger partial charge in [0.1, 0.15) is 5.82 Å². The van der Waals surface area contributed by atoms with Crippen molar-refractivity contribution in [1.82, 2.24) is 14.4 Å². The number of nitrogens with one attached hydrogen (secondary N) is 1. The molecule has 0 amide bonds. The summed E-state index contributed by atoms with van der Waals surface area (Å²) in [5.41, 5.74) is 6.34. The number of anilines is 2. The summed E-state index contributed by atoms with van der Waals surface area (Å²) >= 11 is 0. The lowest BCUT2D eigenvalue weighted by molar-refractivity contribution is 0.602. The number of nitrogens with zero attached hydrogens (tertiary/aromatic N) is 3. The monoisotopic (exact) mass is 267 g/mol. The topological polar surface area (TPSA) is 102 Å². The van der Waals surface area contributed by atoms with E-state index in [9.17, 15) is 8.42 Å². The van der Waals surface area contributed by atoms with E-state index < -0.39 is 9.84 Å². The first-order chi connectivity index (χ1) is 8.53. The van der Waals surface area contributed by atoms with Crippen LogP contribution in [0.4, 0.5) is 11.6 Å². The fourth-order valence-corrected chi connectivity index (χ4v) is 3.82. The maximum absolute atomic E-state index is 11.4. The lowest BCUT2D eigenvalue weighted by atomic mass is 10.2. The lowest BCUT2D eigenvalue weighted by Crippen LogP contribution is -2.22. The molecule has 0 bridgehead atoms. The maximum Gasteiger partial charge on any atom is 0.180 e. The number of imidazole rings is 1. The highest BCUT2D eigenvalue weighted by Gasteiger charge is 2.28. The summed E-state index contributed by atoms with van der Waals surface area (Å²) in [5, 5.41) is 3.11. The molecule has 18 heavy (non-hydrogen) atoms. The summed E-state index contributed by atoms with van der Waals surface area (Å²) in [6.07, 6.45) is 5.67. The Morgan fingerprint density at radius 1 is 1.50 bits per heavy atom. The third kappa shape index (κ3) is 1.99. The van der Waals surface area contributed by atoms with Gasteiger partial charge in [0.2, 0.25) is 0 Å². The molecule has 1 aliphatic rings. The van der Waals surface area contributed by atoms with Crippen LogP contribution in [-0.2, 0) is 9.84 Å². The Morgan fingerprint density at radius 2 is 2.33 bits per heavy atom. The number of nitrogen functional groups attached to an aromatic ring is 1. The molecule has 0 saturated carbocycles. The van der Waals surface area contributed by atoms with Gasteiger partial charge in [-0.1, -0.05) is 0 Å². The van der Waals surface area contributed by atoms with Crippen LogP contribution in [0.5, 0.6) is 0 Å². The van der Waals surface area contributed by atoms with Gasteiger partial charge in [-0.3, -0.25) is 0 Å². The Bertz CT molecular complexity index is 693. The Balaban J connectivity index is 1.93. The fourth-order valence-electron chi connectivity index (χ4n) is 2.15. The normalized spacial score (nSPS) is 22.3. The van der Waals surface area contributed by atoms with Crippen LogP contribution in [0.2, 0.25) is 0 Å². The second-order valence-electron chi connectivity index (χ2n) is 4.42. The predicted octanol–water partition coefficient (Wildman–Crippen LogP) is -0.0895. The molecule has 0 radical (unpaired) electrons. The van der Waals surface area contributed by atoms with E-state index >= 15 is 0 Å². The number of hydrogen-bond acceptors (Lipinski definition) is 6. The van der Waals surface area contributed by atoms with Crippen molar-refractivity contribution in [3.63, 3.8) is 0 Å². The Labute approximate surface area is 104 Å². The first-order valence-corrected chi connectivity index (χ1v) is 7.42. The fraction of sp³-hybridized carbons (Fsp3) is 0.400. The van der Waals surface area contributed by atoms with Crippen molar-refractivity contribution in [1.29, 1.82) is 0 Å². The van der Waals surface area contributed by atoms with E-state index in [2.05, 4.69) is 15.3 Å². The van der Waals surface area contributed by atoms with Crippen molar-refractivity contribution >= 4 is 27.1 Å². The Kier molecular flexibility index (Phi) is 2.40. The number of fused-ring (bicyclic) bond motifs is 1. The first-order valence-electron chi connectivity index (χ1n) is 5.60. The highest BCUT2D eigenvalue weighted by Crippen LogP contribution is 2.20. The van der Waals surface area contributed by atoms with Gasteiger partial charge in [0.15, 0.2) is 21.3 Å². The SMILES string of the molecule is Nc1cn2ccnc2c(NC2CCS(=O)(=O)C2)n1. The van der Waals surface area contributed by atoms with Gasteiger partial charge in [0.05, 0.1) is 17.7 Å². The summed E-state index contributed by atoms with van der Waals surface area (Å²) in [6.45, 7) is 0. The van der Waals surface area contributed by atoms with E-state index in [1.807, 2.05) is 0 Å². The molecule has 3 rings (SSSR count). The molecule has 1 unspecified atom stereocenters. The van der Waals surface area contributed by atoms with Gasteiger partial charge >= 0.3 is 0 Å². The molecule has 2 aromatic heterocycles. The van der Waals surface area contributed by atoms with Crippen molar-refractivity contribution < 1.29 is 8.42 Å². The molecule has 1 atom stereocenters. The summed E-state index contributed by atoms with van der Waals surface area (Å²) in [5.74, 6) is 1.25. The number of aromatic nitrogens is 3. The van der Waals surface area contributed by atoms with Crippen LogP contribution < -0.4 is 11.1 Å². The molecule has 3 N–H and O–H groups in total. The molecule has 0 aromatic carbocycles. The van der Waals surface area contributed by atoms with Crippen LogP contribution in [0.3, 0.4) is 0 Å². The van der Waals surface area contributed by atoms with Gasteiger partial charge in [0.25, 0.3) is 0 Å². The van der Waals surface area contributed by atoms with Crippen LogP contribution in [0.1, 0.15) is 6.42 Å². The van der Waals surface area contributed by atoms with Crippen LogP contribution in [0, 0.1) is 0 Å². The summed E-state index contributed by atoms with van der Waals surface area (Å²) in [6, 6.07) is -0.121. The van der Waals surface area contributed by atoms with Crippen molar-refractivity contribution in [2.45, 2.75) is 12.5 Å². The van der Waals surface area contributed by atoms with E-state index in [-0.39, 0.29) is 17.5 Å². The average Bonchev–Trinajstić information content (AvgIpc) is 2.84. The summed E-state index contributed by atoms with van der Waals surface area (Å²) < 4.78 is 24.6. The van der Waals surface area contributed by atoms with Crippen molar-refractivity contribution in [3.8, 4) is 0 Å². The van der Waals surface area contributed by atoms with Gasteiger partial charge < -0.3 is 15.5 Å². The number of nitrogens with two attached hydrogens (primary N) is 1. The van der Waals surface area contributed by atoms with Gasteiger partial charge in [-0.2, -0.15) is 0 Å². The molecule has 3 heterocycles. The van der Waals surface area contributed by atoms with Gasteiger partial charge in [0, 0.05) is 18.4 Å². The zero-order chi connectivity index (χ0) is 12.8. The highest BCUT2D eigenvalue weighted by atomic mass is 32.2. The quantitative estimate of drug-likeness (QED) is 0.788. The average molecular weight is 267 g/mol. The minimum Gasteiger partial charge on any atom is -0.382 e. The number of rotatable bonds is 2. The third-order valence-corrected chi connectivity index (χ3v) is 4.73. The molecular weight excluding hydrogens is 254 g/mol. The van der Waals surface area contributed by atoms with Crippen molar-refractivity contribution in [2.75, 3.05) is 22.6 Å². The molecule has 0 aliphatic carbocycles. The second-order valence-corrected chi connectivity index (χ2v) is 6.65. The largest absolute Gasteiger partial charge is 0.382 e. The lowest BCUT2D eigenvalue weighted by Gasteiger charge is -2.12. The van der Waals surface area contributed by atoms with Crippen molar-refractivity contribution in [2.24, 2.45) is 0 Å². The Hall–Kier alpha value is -1.83. The minimum absolute atomic E-state index is 0.121. The molecule has 1 fully saturated rings. The van der Waals surface area contributed by atoms with Crippen molar-refractivity contribution in [3.05, 3.63) is 18.6 Å². The number of hydrogen-bond donors (Lipinski definition) is 2. The van der Waals surface area contributed by atoms with Gasteiger partial charge in [-0.15, -0.1) is 0 Å². The molecule has 1 saturated heterocycles. The molecule has 96 valence electrons. The maximum atomic E-state index is 11.4. The standard InChI is InChI=1S/C10H13N5O2S/c11-8-5-15-3-2-12-10(15)9(14-8)13-7-1-4-18(16,17)6-7/h2-3,5,7H,1,4,6,11H2,(H,13,14). The summed E-state index contributed by atoms with van der Waals surface area (Å²) in [4.78, 5) is 8.34. The van der Waals surface area contributed by atoms with Gasteiger partial charge in [-0.25, -0.2) is 18.4 Å². The molecule has 7 nitrogen and oxygen atoms in total. The van der Waals surface area contributed by atoms with Crippen LogP contribution in [0.25, 0.3) is 5.65 Å². The summed E-state index contributed by atoms with van der Waals surface area (Å²) in [7, 11) is -2.91. The molecule has 1 aliphatic heterocycles. The van der Waals surface area contributed by atoms with E-state index in [1.165, 1.54) is 0 Å². The molecule has 8 heteroatoms. The third-order valence-electron chi connectivity index (χ3n) is 2.97. The van der Waals surface area contributed by atoms with Crippen LogP contribution >= 0.6 is 0 Å². The van der Waals surface area contributed by atoms with Gasteiger partial charge in [-0.05, 0) is 6.42 Å². The zero-order valence-corrected chi connectivity index (χ0v) is 10.4. The number of sulfone groups is 1. The molecule has 2 aromatic rings. The van der Waals surface area contributed by atoms with E-state index in [0.29, 0.717) is 23.7 Å². The van der Waals surface area contributed by atoms with Crippen LogP contribution in [-0.4, -0.2) is 40.3 Å². The predicted molar refractivity (Wildman–Crippen MR) is 68.1 cm³/mol. The smallest absolute Gasteiger partial charge is 0.180 e. The molecule has 0 spiro atoms. The Morgan fingerprint density at radius 3 is 3.06 bits per heavy atom. The minimum atomic E-state index is -2.91. The first kappa shape index (κ1) is 11.3. The second kappa shape index (κ2) is 3.84. The highest BCUT2D eigenvalue weighted by molar-refractivity contribution is 7.91. The molecular formula is C10H13N5O2S. The van der Waals surface area contributed by atoms with E-state index in [1.54, 1.807) is 23.0 Å². The van der Waals surface area contributed by atoms with E-state index in [0.717, 1.165) is 0 Å². The van der Waals surface area contributed by atoms with Crippen LogP contribution in [0.15, 0.2) is 18.6 Å².